The maximum absolute atomic E-state index is 14.7. The van der Waals surface area contributed by atoms with Gasteiger partial charge in [0.05, 0.1) is 12.2 Å². The molecule has 2 heterocycles. The number of carbonyl (C=O) groups excluding carboxylic acids is 1. The second-order valence-electron chi connectivity index (χ2n) is 8.76. The Morgan fingerprint density at radius 2 is 2.03 bits per heavy atom. The summed E-state index contributed by atoms with van der Waals surface area (Å²) in [5.74, 6) is 1.20. The smallest absolute Gasteiger partial charge is 0.254 e. The highest BCUT2D eigenvalue weighted by Crippen LogP contribution is 2.36. The molecule has 0 spiro atoms. The first-order chi connectivity index (χ1) is 17.4. The van der Waals surface area contributed by atoms with E-state index in [0.29, 0.717) is 39.5 Å². The minimum Gasteiger partial charge on any atom is -0.493 e. The molecule has 4 rings (SSSR count). The number of hydrogen-bond donors (Lipinski definition) is 2. The molecule has 2 aromatic rings. The number of carbonyl (C=O) groups is 1. The third-order valence-corrected chi connectivity index (χ3v) is 7.14. The van der Waals surface area contributed by atoms with Gasteiger partial charge in [-0.05, 0) is 62.6 Å². The van der Waals surface area contributed by atoms with Gasteiger partial charge >= 0.3 is 0 Å². The minimum atomic E-state index is -0.580. The number of allylic oxidation sites excluding steroid dienone is 2. The van der Waals surface area contributed by atoms with Gasteiger partial charge in [0.2, 0.25) is 6.79 Å². The molecule has 0 bridgehead atoms. The summed E-state index contributed by atoms with van der Waals surface area (Å²) in [5, 5.41) is 7.05. The molecule has 0 radical (unpaired) electrons. The first-order valence-electron chi connectivity index (χ1n) is 11.9. The number of rotatable bonds is 8. The zero-order valence-corrected chi connectivity index (χ0v) is 21.7. The monoisotopic (exact) mass is 534 g/mol. The molecule has 9 heteroatoms. The van der Waals surface area contributed by atoms with Crippen LogP contribution < -0.4 is 24.8 Å². The summed E-state index contributed by atoms with van der Waals surface area (Å²) in [4.78, 5) is 12.9. The summed E-state index contributed by atoms with van der Waals surface area (Å²) in [6.45, 7) is 5.81. The van der Waals surface area contributed by atoms with Gasteiger partial charge in [-0.3, -0.25) is 4.79 Å². The van der Waals surface area contributed by atoms with Crippen LogP contribution >= 0.6 is 23.2 Å². The molecule has 2 aliphatic heterocycles. The van der Waals surface area contributed by atoms with Crippen LogP contribution in [-0.4, -0.2) is 38.9 Å². The Bertz CT molecular complexity index is 1180. The molecular formula is C27H29Cl2FN2O4. The summed E-state index contributed by atoms with van der Waals surface area (Å²) in [6.07, 6.45) is 2.54. The van der Waals surface area contributed by atoms with Crippen molar-refractivity contribution < 1.29 is 23.4 Å². The van der Waals surface area contributed by atoms with Gasteiger partial charge in [0.15, 0.2) is 11.5 Å². The highest BCUT2D eigenvalue weighted by atomic mass is 35.5. The molecule has 0 unspecified atom stereocenters. The molecule has 0 aromatic heterocycles. The SMILES string of the molecule is C/C=C(Cl)\C(CNC(=O)c1cc([C@@H]2CCNC[C@H]2COc2ccc3c(c2)OCO3)ccc1F)=C(/C)Cl. The summed E-state index contributed by atoms with van der Waals surface area (Å²) < 4.78 is 31.5. The van der Waals surface area contributed by atoms with Crippen molar-refractivity contribution in [3.05, 3.63) is 75.1 Å². The van der Waals surface area contributed by atoms with Crippen molar-refractivity contribution in [3.8, 4) is 17.2 Å². The van der Waals surface area contributed by atoms with Gasteiger partial charge in [-0.15, -0.1) is 0 Å². The van der Waals surface area contributed by atoms with Gasteiger partial charge in [0, 0.05) is 40.7 Å². The van der Waals surface area contributed by atoms with E-state index in [-0.39, 0.29) is 30.7 Å². The number of hydrogen-bond acceptors (Lipinski definition) is 5. The third-order valence-electron chi connectivity index (χ3n) is 6.46. The van der Waals surface area contributed by atoms with Crippen molar-refractivity contribution >= 4 is 29.1 Å². The van der Waals surface area contributed by atoms with Crippen molar-refractivity contribution in [2.75, 3.05) is 33.0 Å². The van der Waals surface area contributed by atoms with Crippen LogP contribution in [0.4, 0.5) is 4.39 Å². The van der Waals surface area contributed by atoms with E-state index in [0.717, 1.165) is 25.1 Å². The number of benzene rings is 2. The topological polar surface area (TPSA) is 68.8 Å². The lowest BCUT2D eigenvalue weighted by Gasteiger charge is -2.32. The molecule has 2 N–H and O–H groups in total. The quantitative estimate of drug-likeness (QED) is 0.424. The van der Waals surface area contributed by atoms with Crippen LogP contribution in [0.2, 0.25) is 0 Å². The minimum absolute atomic E-state index is 0.00959. The van der Waals surface area contributed by atoms with Crippen molar-refractivity contribution in [3.63, 3.8) is 0 Å². The number of piperidine rings is 1. The molecule has 2 atom stereocenters. The molecule has 2 aromatic carbocycles. The molecule has 1 amide bonds. The highest BCUT2D eigenvalue weighted by Gasteiger charge is 2.28. The first kappa shape index (κ1) is 26.3. The molecular weight excluding hydrogens is 506 g/mol. The van der Waals surface area contributed by atoms with Gasteiger partial charge in [-0.1, -0.05) is 35.3 Å². The van der Waals surface area contributed by atoms with Crippen molar-refractivity contribution in [2.45, 2.75) is 26.2 Å². The van der Waals surface area contributed by atoms with Crippen LogP contribution in [0.1, 0.15) is 42.1 Å². The lowest BCUT2D eigenvalue weighted by atomic mass is 9.81. The fourth-order valence-corrected chi connectivity index (χ4v) is 4.89. The van der Waals surface area contributed by atoms with Crippen LogP contribution in [0.3, 0.4) is 0 Å². The number of halogens is 3. The van der Waals surface area contributed by atoms with Gasteiger partial charge in [0.25, 0.3) is 5.91 Å². The van der Waals surface area contributed by atoms with Gasteiger partial charge in [-0.25, -0.2) is 4.39 Å². The van der Waals surface area contributed by atoms with E-state index in [1.807, 2.05) is 18.2 Å². The second kappa shape index (κ2) is 12.0. The molecule has 1 saturated heterocycles. The number of amides is 1. The largest absolute Gasteiger partial charge is 0.493 e. The Hall–Kier alpha value is -2.74. The van der Waals surface area contributed by atoms with Crippen molar-refractivity contribution in [1.82, 2.24) is 10.6 Å². The molecule has 6 nitrogen and oxygen atoms in total. The molecule has 36 heavy (non-hydrogen) atoms. The average molecular weight is 535 g/mol. The van der Waals surface area contributed by atoms with Crippen LogP contribution in [0.25, 0.3) is 0 Å². The third kappa shape index (κ3) is 6.14. The lowest BCUT2D eigenvalue weighted by Crippen LogP contribution is -2.38. The fraction of sp³-hybridized carbons (Fsp3) is 0.370. The van der Waals surface area contributed by atoms with E-state index >= 15 is 0 Å². The van der Waals surface area contributed by atoms with E-state index in [9.17, 15) is 9.18 Å². The normalized spacial score (nSPS) is 20.1. The van der Waals surface area contributed by atoms with Gasteiger partial charge < -0.3 is 24.8 Å². The van der Waals surface area contributed by atoms with E-state index in [2.05, 4.69) is 10.6 Å². The van der Waals surface area contributed by atoms with Crippen molar-refractivity contribution in [2.24, 2.45) is 5.92 Å². The van der Waals surface area contributed by atoms with Gasteiger partial charge in [0.1, 0.15) is 11.6 Å². The molecule has 0 aliphatic carbocycles. The van der Waals surface area contributed by atoms with Crippen LogP contribution in [0.15, 0.2) is 58.1 Å². The fourth-order valence-electron chi connectivity index (χ4n) is 4.46. The zero-order valence-electron chi connectivity index (χ0n) is 20.2. The maximum Gasteiger partial charge on any atom is 0.254 e. The molecule has 2 aliphatic rings. The average Bonchev–Trinajstić information content (AvgIpc) is 3.35. The predicted molar refractivity (Wildman–Crippen MR) is 139 cm³/mol. The van der Waals surface area contributed by atoms with E-state index in [4.69, 9.17) is 37.4 Å². The first-order valence-corrected chi connectivity index (χ1v) is 12.6. The number of nitrogens with one attached hydrogen (secondary N) is 2. The van der Waals surface area contributed by atoms with Crippen LogP contribution in [-0.2, 0) is 0 Å². The molecule has 0 saturated carbocycles. The molecule has 192 valence electrons. The summed E-state index contributed by atoms with van der Waals surface area (Å²) >= 11 is 12.3. The maximum atomic E-state index is 14.7. The second-order valence-corrected chi connectivity index (χ2v) is 9.73. The van der Waals surface area contributed by atoms with E-state index < -0.39 is 11.7 Å². The highest BCUT2D eigenvalue weighted by molar-refractivity contribution is 6.35. The van der Waals surface area contributed by atoms with E-state index in [1.165, 1.54) is 6.07 Å². The lowest BCUT2D eigenvalue weighted by molar-refractivity contribution is 0.0953. The van der Waals surface area contributed by atoms with E-state index in [1.54, 1.807) is 32.1 Å². The standard InChI is InChI=1S/C27H29Cl2FN2O4/c1-3-23(29)22(16(2)28)13-32-27(33)21-10-17(4-6-24(21)30)20-8-9-31-12-18(20)14-34-19-5-7-25-26(11-19)36-15-35-25/h3-7,10-11,18,20,31H,8-9,12-15H2,1-2H3,(H,32,33)/b22-16+,23-3+/t18-,20-/m0/s1. The van der Waals surface area contributed by atoms with Crippen molar-refractivity contribution in [1.29, 1.82) is 0 Å². The Balaban J connectivity index is 1.46. The summed E-state index contributed by atoms with van der Waals surface area (Å²) in [5.41, 5.74) is 1.48. The molecule has 1 fully saturated rings. The predicted octanol–water partition coefficient (Wildman–Crippen LogP) is 5.71. The summed E-state index contributed by atoms with van der Waals surface area (Å²) in [6, 6.07) is 10.2. The Morgan fingerprint density at radius 1 is 1.22 bits per heavy atom. The number of ether oxygens (including phenoxy) is 3. The Morgan fingerprint density at radius 3 is 2.81 bits per heavy atom. The Labute approximate surface area is 220 Å². The zero-order chi connectivity index (χ0) is 25.7. The van der Waals surface area contributed by atoms with Crippen LogP contribution in [0.5, 0.6) is 17.2 Å². The van der Waals surface area contributed by atoms with Gasteiger partial charge in [-0.2, -0.15) is 0 Å². The Kier molecular flexibility index (Phi) is 8.77. The number of fused-ring (bicyclic) bond motifs is 1. The van der Waals surface area contributed by atoms with Crippen LogP contribution in [0, 0.1) is 11.7 Å². The summed E-state index contributed by atoms with van der Waals surface area (Å²) in [7, 11) is 0.